The zero-order valence-electron chi connectivity index (χ0n) is 27.2. The van der Waals surface area contributed by atoms with E-state index >= 15 is 0 Å². The summed E-state index contributed by atoms with van der Waals surface area (Å²) in [5.41, 5.74) is 1.25. The molecule has 1 aliphatic carbocycles. The Morgan fingerprint density at radius 2 is 1.75 bits per heavy atom. The van der Waals surface area contributed by atoms with Crippen LogP contribution in [0.1, 0.15) is 86.5 Å². The summed E-state index contributed by atoms with van der Waals surface area (Å²) in [6.07, 6.45) is 0.806. The molecule has 3 aliphatic rings. The number of hydrogen-bond acceptors (Lipinski definition) is 11. The highest BCUT2D eigenvalue weighted by atomic mass is 16.6. The molecule has 5 atom stereocenters. The van der Waals surface area contributed by atoms with Crippen molar-refractivity contribution < 1.29 is 49.4 Å². The van der Waals surface area contributed by atoms with Gasteiger partial charge in [0.2, 0.25) is 0 Å². The molecular formula is C37H43NO10. The lowest BCUT2D eigenvalue weighted by Crippen LogP contribution is -2.50. The number of rotatable bonds is 8. The molecule has 0 saturated heterocycles. The van der Waals surface area contributed by atoms with Gasteiger partial charge in [-0.05, 0) is 80.0 Å². The fraction of sp³-hybridized carbons (Fsp3) is 0.486. The maximum atomic E-state index is 14.0. The Labute approximate surface area is 279 Å². The zero-order chi connectivity index (χ0) is 34.6. The Bertz CT molecular complexity index is 1640. The normalized spacial score (nSPS) is 24.5. The predicted molar refractivity (Wildman–Crippen MR) is 175 cm³/mol. The first-order valence-corrected chi connectivity index (χ1v) is 16.4. The summed E-state index contributed by atoms with van der Waals surface area (Å²) in [6, 6.07) is 8.30. The van der Waals surface area contributed by atoms with E-state index in [2.05, 4.69) is 17.2 Å². The van der Waals surface area contributed by atoms with Gasteiger partial charge in [-0.15, -0.1) is 0 Å². The largest absolute Gasteiger partial charge is 0.508 e. The predicted octanol–water partition coefficient (Wildman–Crippen LogP) is 3.14. The van der Waals surface area contributed by atoms with Crippen molar-refractivity contribution in [2.75, 3.05) is 18.5 Å². The van der Waals surface area contributed by atoms with Crippen LogP contribution in [0.4, 0.5) is 5.69 Å². The fourth-order valence-electron chi connectivity index (χ4n) is 6.70. The Morgan fingerprint density at radius 1 is 1.02 bits per heavy atom. The van der Waals surface area contributed by atoms with Crippen LogP contribution < -0.4 is 10.1 Å². The number of benzene rings is 2. The Morgan fingerprint density at radius 3 is 2.44 bits per heavy atom. The van der Waals surface area contributed by atoms with E-state index in [9.17, 15) is 39.9 Å². The van der Waals surface area contributed by atoms with Crippen LogP contribution in [-0.4, -0.2) is 74.2 Å². The van der Waals surface area contributed by atoms with Gasteiger partial charge in [-0.25, -0.2) is 4.79 Å². The Kier molecular flexibility index (Phi) is 10.9. The molecule has 0 radical (unpaired) electrons. The van der Waals surface area contributed by atoms with E-state index in [-0.39, 0.29) is 61.2 Å². The molecule has 6 N–H and O–H groups in total. The zero-order valence-corrected chi connectivity index (χ0v) is 27.2. The second-order valence-electron chi connectivity index (χ2n) is 13.2. The number of carbonyl (C=O) groups is 3. The SMILES string of the molecule is CC(O)CNc1cc(CO)cc(C2C#CC3CC(=O)Oc4cc(O)c(cc43)CC(C(C)(O)C3CCC(=O)CC3)OC(=O)C(=CCO)C2)c1. The van der Waals surface area contributed by atoms with Gasteiger partial charge < -0.3 is 40.3 Å². The van der Waals surface area contributed by atoms with Crippen molar-refractivity contribution in [1.82, 2.24) is 0 Å². The highest BCUT2D eigenvalue weighted by molar-refractivity contribution is 5.89. The van der Waals surface area contributed by atoms with Crippen molar-refractivity contribution in [3.63, 3.8) is 0 Å². The molecule has 0 aromatic heterocycles. The van der Waals surface area contributed by atoms with Gasteiger partial charge in [-0.3, -0.25) is 9.59 Å². The number of nitrogens with one attached hydrogen (secondary N) is 1. The van der Waals surface area contributed by atoms with Gasteiger partial charge in [0.05, 0.1) is 31.7 Å². The summed E-state index contributed by atoms with van der Waals surface area (Å²) in [7, 11) is 0. The molecule has 48 heavy (non-hydrogen) atoms. The van der Waals surface area contributed by atoms with Crippen LogP contribution in [0.15, 0.2) is 42.0 Å². The average Bonchev–Trinajstić information content (AvgIpc) is 3.05. The van der Waals surface area contributed by atoms with Gasteiger partial charge in [0.15, 0.2) is 0 Å². The van der Waals surface area contributed by atoms with Gasteiger partial charge in [-0.1, -0.05) is 17.9 Å². The first-order chi connectivity index (χ1) is 22.9. The van der Waals surface area contributed by atoms with E-state index in [1.54, 1.807) is 38.1 Å². The van der Waals surface area contributed by atoms with Crippen LogP contribution in [0.3, 0.4) is 0 Å². The summed E-state index contributed by atoms with van der Waals surface area (Å²) in [5.74, 6) is 3.54. The van der Waals surface area contributed by atoms with Crippen LogP contribution in [-0.2, 0) is 32.1 Å². The summed E-state index contributed by atoms with van der Waals surface area (Å²) < 4.78 is 11.5. The number of ether oxygens (including phenoxy) is 2. The van der Waals surface area contributed by atoms with Crippen LogP contribution in [0.2, 0.25) is 0 Å². The van der Waals surface area contributed by atoms with E-state index in [0.717, 1.165) is 0 Å². The van der Waals surface area contributed by atoms with Gasteiger partial charge in [-0.2, -0.15) is 0 Å². The van der Waals surface area contributed by atoms with Crippen molar-refractivity contribution in [3.05, 3.63) is 64.2 Å². The van der Waals surface area contributed by atoms with Crippen molar-refractivity contribution >= 4 is 23.4 Å². The second kappa shape index (κ2) is 14.9. The highest BCUT2D eigenvalue weighted by Gasteiger charge is 2.44. The number of hydrogen-bond donors (Lipinski definition) is 6. The van der Waals surface area contributed by atoms with Crippen molar-refractivity contribution in [1.29, 1.82) is 0 Å². The number of aromatic hydroxyl groups is 1. The molecule has 2 aromatic rings. The monoisotopic (exact) mass is 661 g/mol. The van der Waals surface area contributed by atoms with Gasteiger partial charge in [0, 0.05) is 54.6 Å². The van der Waals surface area contributed by atoms with Gasteiger partial charge in [0.25, 0.3) is 0 Å². The van der Waals surface area contributed by atoms with Gasteiger partial charge in [0.1, 0.15) is 29.0 Å². The van der Waals surface area contributed by atoms with Crippen molar-refractivity contribution in [3.8, 4) is 23.3 Å². The fourth-order valence-corrected chi connectivity index (χ4v) is 6.70. The number of anilines is 1. The number of esters is 2. The molecule has 0 amide bonds. The topological polar surface area (TPSA) is 183 Å². The van der Waals surface area contributed by atoms with E-state index in [1.807, 2.05) is 0 Å². The third-order valence-corrected chi connectivity index (χ3v) is 9.51. The van der Waals surface area contributed by atoms with E-state index in [4.69, 9.17) is 9.47 Å². The summed E-state index contributed by atoms with van der Waals surface area (Å²) >= 11 is 0. The molecule has 2 aliphatic heterocycles. The molecule has 256 valence electrons. The molecule has 11 nitrogen and oxygen atoms in total. The van der Waals surface area contributed by atoms with Crippen molar-refractivity contribution in [2.45, 2.75) is 95.0 Å². The number of aliphatic hydroxyl groups excluding tert-OH is 3. The minimum atomic E-state index is -1.59. The maximum absolute atomic E-state index is 14.0. The lowest BCUT2D eigenvalue weighted by Gasteiger charge is -2.40. The van der Waals surface area contributed by atoms with Crippen LogP contribution >= 0.6 is 0 Å². The minimum absolute atomic E-state index is 0.0171. The molecular weight excluding hydrogens is 618 g/mol. The first-order valence-electron chi connectivity index (χ1n) is 16.4. The molecule has 2 bridgehead atoms. The summed E-state index contributed by atoms with van der Waals surface area (Å²) in [6.45, 7) is 2.70. The van der Waals surface area contributed by atoms with E-state index in [1.165, 1.54) is 12.1 Å². The lowest BCUT2D eigenvalue weighted by atomic mass is 9.73. The highest BCUT2D eigenvalue weighted by Crippen LogP contribution is 2.42. The third-order valence-electron chi connectivity index (χ3n) is 9.51. The average molecular weight is 662 g/mol. The molecule has 1 saturated carbocycles. The number of phenols is 1. The molecule has 1 fully saturated rings. The standard InChI is InChI=1S/C37H43NO10/c1-21(41)19-38-29-12-22(20-40)11-26(14-29)23-3-4-24-17-35(44)47-33-18-32(43)27(15-31(24)33)16-34(48-36(45)25(13-23)9-10-39)37(2,46)28-5-7-30(42)8-6-28/h9,11-12,14-15,18,21,23-24,28,34,38-41,43,46H,5-8,10,13,16-17,19-20H2,1-2H3. The Hall–Kier alpha value is -4.21. The number of Topliss-reactive ketones (excluding diaryl/α,β-unsaturated/α-hetero) is 1. The van der Waals surface area contributed by atoms with E-state index < -0.39 is 48.2 Å². The maximum Gasteiger partial charge on any atom is 0.334 e. The number of ketones is 1. The van der Waals surface area contributed by atoms with Crippen LogP contribution in [0.25, 0.3) is 0 Å². The number of cyclic esters (lactones) is 1. The quantitative estimate of drug-likeness (QED) is 0.106. The third kappa shape index (κ3) is 8.08. The van der Waals surface area contributed by atoms with Crippen LogP contribution in [0, 0.1) is 17.8 Å². The lowest BCUT2D eigenvalue weighted by molar-refractivity contribution is -0.169. The molecule has 11 heteroatoms. The molecule has 0 spiro atoms. The molecule has 5 rings (SSSR count). The number of phenolic OH excluding ortho intramolecular Hbond substituents is 1. The summed E-state index contributed by atoms with van der Waals surface area (Å²) in [5, 5.41) is 56.0. The number of aliphatic hydroxyl groups is 4. The van der Waals surface area contributed by atoms with E-state index in [0.29, 0.717) is 53.6 Å². The number of fused-ring (bicyclic) bond motifs is 1. The first kappa shape index (κ1) is 35.1. The molecule has 5 unspecified atom stereocenters. The second-order valence-corrected chi connectivity index (χ2v) is 13.2. The minimum Gasteiger partial charge on any atom is -0.508 e. The van der Waals surface area contributed by atoms with Gasteiger partial charge >= 0.3 is 11.9 Å². The molecule has 2 aromatic carbocycles. The summed E-state index contributed by atoms with van der Waals surface area (Å²) in [4.78, 5) is 38.6. The van der Waals surface area contributed by atoms with Crippen molar-refractivity contribution in [2.24, 2.45) is 5.92 Å². The van der Waals surface area contributed by atoms with Crippen LogP contribution in [0.5, 0.6) is 11.5 Å². The smallest absolute Gasteiger partial charge is 0.334 e. The molecule has 2 heterocycles. The Balaban J connectivity index is 1.64. The number of carbonyl (C=O) groups excluding carboxylic acids is 3.